The highest BCUT2D eigenvalue weighted by Crippen LogP contribution is 2.26. The lowest BCUT2D eigenvalue weighted by atomic mass is 10.1. The fourth-order valence-corrected chi connectivity index (χ4v) is 3.57. The molecule has 0 radical (unpaired) electrons. The zero-order valence-electron chi connectivity index (χ0n) is 15.3. The van der Waals surface area contributed by atoms with E-state index in [9.17, 15) is 0 Å². The minimum Gasteiger partial charge on any atom is -0.375 e. The number of anilines is 1. The first-order valence-corrected chi connectivity index (χ1v) is 9.75. The third-order valence-electron chi connectivity index (χ3n) is 4.87. The molecule has 0 saturated carbocycles. The minimum absolute atomic E-state index is 0.126. The van der Waals surface area contributed by atoms with Gasteiger partial charge in [-0.15, -0.1) is 0 Å². The molecular weight excluding hydrogens is 378 g/mol. The van der Waals surface area contributed by atoms with E-state index in [1.54, 1.807) is 6.21 Å². The van der Waals surface area contributed by atoms with Crippen LogP contribution in [0.4, 0.5) is 5.69 Å². The topological polar surface area (TPSA) is 56.9 Å². The number of nitrogens with two attached hydrogens (primary N) is 1. The van der Waals surface area contributed by atoms with Gasteiger partial charge in [0, 0.05) is 43.5 Å². The summed E-state index contributed by atoms with van der Waals surface area (Å²) in [6, 6.07) is 17.1. The van der Waals surface area contributed by atoms with E-state index >= 15 is 0 Å². The molecule has 3 N–H and O–H groups in total. The van der Waals surface area contributed by atoms with Gasteiger partial charge in [0.25, 0.3) is 0 Å². The van der Waals surface area contributed by atoms with Gasteiger partial charge in [0.1, 0.15) is 0 Å². The van der Waals surface area contributed by atoms with Gasteiger partial charge in [-0.1, -0.05) is 41.9 Å². The fraction of sp³-hybridized carbons (Fsp3) is 0.300. The van der Waals surface area contributed by atoms with E-state index in [1.807, 2.05) is 12.1 Å². The van der Waals surface area contributed by atoms with Crippen LogP contribution in [0.1, 0.15) is 24.1 Å². The van der Waals surface area contributed by atoms with Crippen LogP contribution in [0.2, 0.25) is 5.02 Å². The number of piperazine rings is 1. The Balaban J connectivity index is 1.60. The van der Waals surface area contributed by atoms with E-state index in [1.165, 1.54) is 5.56 Å². The minimum atomic E-state index is 0.126. The van der Waals surface area contributed by atoms with E-state index in [-0.39, 0.29) is 5.11 Å². The molecule has 1 fully saturated rings. The summed E-state index contributed by atoms with van der Waals surface area (Å²) < 4.78 is 0. The van der Waals surface area contributed by atoms with Crippen LogP contribution in [0.5, 0.6) is 0 Å². The van der Waals surface area contributed by atoms with Crippen LogP contribution in [-0.2, 0) is 0 Å². The summed E-state index contributed by atoms with van der Waals surface area (Å²) in [5.41, 5.74) is 11.2. The van der Waals surface area contributed by atoms with Crippen molar-refractivity contribution in [1.29, 1.82) is 0 Å². The average Bonchev–Trinajstić information content (AvgIpc) is 2.69. The highest BCUT2D eigenvalue weighted by atomic mass is 35.5. The third kappa shape index (κ3) is 5.19. The second-order valence-corrected chi connectivity index (χ2v) is 7.40. The lowest BCUT2D eigenvalue weighted by Crippen LogP contribution is -2.47. The Bertz CT molecular complexity index is 803. The monoisotopic (exact) mass is 401 g/mol. The Morgan fingerprint density at radius 2 is 1.89 bits per heavy atom. The van der Waals surface area contributed by atoms with Gasteiger partial charge in [-0.05, 0) is 42.9 Å². The van der Waals surface area contributed by atoms with E-state index in [2.05, 4.69) is 63.6 Å². The van der Waals surface area contributed by atoms with Crippen molar-refractivity contribution in [3.63, 3.8) is 0 Å². The van der Waals surface area contributed by atoms with Crippen molar-refractivity contribution in [2.24, 2.45) is 10.8 Å². The van der Waals surface area contributed by atoms with Crippen LogP contribution in [0.3, 0.4) is 0 Å². The Morgan fingerprint density at radius 1 is 1.19 bits per heavy atom. The molecule has 2 aromatic carbocycles. The smallest absolute Gasteiger partial charge is 0.184 e. The van der Waals surface area contributed by atoms with E-state index in [0.29, 0.717) is 11.1 Å². The number of halogens is 1. The number of hydrogen-bond donors (Lipinski definition) is 2. The van der Waals surface area contributed by atoms with Crippen molar-refractivity contribution >= 4 is 40.8 Å². The molecule has 1 saturated heterocycles. The number of nitrogens with one attached hydrogen (secondary N) is 1. The normalized spacial score (nSPS) is 16.4. The van der Waals surface area contributed by atoms with E-state index < -0.39 is 0 Å². The number of benzene rings is 2. The average molecular weight is 402 g/mol. The van der Waals surface area contributed by atoms with Gasteiger partial charge in [0.15, 0.2) is 5.11 Å². The number of nitrogens with zero attached hydrogens (tertiary/aromatic N) is 3. The van der Waals surface area contributed by atoms with Crippen molar-refractivity contribution in [2.45, 2.75) is 13.0 Å². The predicted octanol–water partition coefficient (Wildman–Crippen LogP) is 3.39. The van der Waals surface area contributed by atoms with E-state index in [0.717, 1.165) is 37.4 Å². The van der Waals surface area contributed by atoms with Crippen LogP contribution in [0.15, 0.2) is 53.6 Å². The maximum atomic E-state index is 6.40. The van der Waals surface area contributed by atoms with Crippen molar-refractivity contribution in [3.05, 3.63) is 64.7 Å². The van der Waals surface area contributed by atoms with Gasteiger partial charge in [-0.25, -0.2) is 0 Å². The summed E-state index contributed by atoms with van der Waals surface area (Å²) in [5, 5.41) is 4.74. The van der Waals surface area contributed by atoms with E-state index in [4.69, 9.17) is 29.6 Å². The summed E-state index contributed by atoms with van der Waals surface area (Å²) in [6.45, 7) is 6.27. The van der Waals surface area contributed by atoms with Gasteiger partial charge in [0.05, 0.1) is 11.2 Å². The summed E-state index contributed by atoms with van der Waals surface area (Å²) in [7, 11) is 0. The van der Waals surface area contributed by atoms with Crippen molar-refractivity contribution in [3.8, 4) is 0 Å². The second kappa shape index (κ2) is 9.17. The van der Waals surface area contributed by atoms with Crippen molar-refractivity contribution < 1.29 is 0 Å². The molecule has 5 nitrogen and oxygen atoms in total. The predicted molar refractivity (Wildman–Crippen MR) is 118 cm³/mol. The molecule has 27 heavy (non-hydrogen) atoms. The SMILES string of the molecule is CC(c1ccccc1)N1CCN(c2ccc(C=NNC(N)=S)c(Cl)c2)CC1. The van der Waals surface area contributed by atoms with Gasteiger partial charge in [-0.3, -0.25) is 10.3 Å². The first kappa shape index (κ1) is 19.6. The van der Waals surface area contributed by atoms with Gasteiger partial charge < -0.3 is 10.6 Å². The maximum Gasteiger partial charge on any atom is 0.184 e. The van der Waals surface area contributed by atoms with Crippen molar-refractivity contribution in [1.82, 2.24) is 10.3 Å². The van der Waals surface area contributed by atoms with Crippen LogP contribution >= 0.6 is 23.8 Å². The summed E-state index contributed by atoms with van der Waals surface area (Å²) in [4.78, 5) is 4.89. The van der Waals surface area contributed by atoms with Crippen LogP contribution in [0, 0.1) is 0 Å². The number of hydrazone groups is 1. The standard InChI is InChI=1S/C20H24ClN5S/c1-15(16-5-3-2-4-6-16)25-9-11-26(12-10-25)18-8-7-17(19(21)13-18)14-23-24-20(22)27/h2-8,13-15H,9-12H2,1H3,(H3,22,24,27). The first-order chi connectivity index (χ1) is 13.0. The quantitative estimate of drug-likeness (QED) is 0.457. The van der Waals surface area contributed by atoms with Crippen LogP contribution < -0.4 is 16.1 Å². The van der Waals surface area contributed by atoms with Gasteiger partial charge in [0.2, 0.25) is 0 Å². The first-order valence-electron chi connectivity index (χ1n) is 8.96. The molecule has 0 amide bonds. The largest absolute Gasteiger partial charge is 0.375 e. The Morgan fingerprint density at radius 3 is 2.52 bits per heavy atom. The third-order valence-corrected chi connectivity index (χ3v) is 5.29. The molecule has 0 spiro atoms. The molecule has 2 aromatic rings. The summed E-state index contributed by atoms with van der Waals surface area (Å²) >= 11 is 11.1. The van der Waals surface area contributed by atoms with Gasteiger partial charge >= 0.3 is 0 Å². The molecule has 0 aromatic heterocycles. The lowest BCUT2D eigenvalue weighted by Gasteiger charge is -2.39. The second-order valence-electron chi connectivity index (χ2n) is 6.55. The zero-order valence-corrected chi connectivity index (χ0v) is 16.9. The highest BCUT2D eigenvalue weighted by molar-refractivity contribution is 7.80. The molecule has 3 rings (SSSR count). The van der Waals surface area contributed by atoms with Crippen LogP contribution in [-0.4, -0.2) is 42.4 Å². The molecule has 7 heteroatoms. The Labute approximate surface area is 170 Å². The molecule has 0 bridgehead atoms. The summed E-state index contributed by atoms with van der Waals surface area (Å²) in [6.07, 6.45) is 1.62. The molecule has 1 unspecified atom stereocenters. The number of thiocarbonyl (C=S) groups is 1. The molecule has 1 aliphatic heterocycles. The lowest BCUT2D eigenvalue weighted by molar-refractivity contribution is 0.198. The number of hydrogen-bond acceptors (Lipinski definition) is 4. The molecule has 142 valence electrons. The Hall–Kier alpha value is -2.15. The highest BCUT2D eigenvalue weighted by Gasteiger charge is 2.22. The maximum absolute atomic E-state index is 6.40. The summed E-state index contributed by atoms with van der Waals surface area (Å²) in [5.74, 6) is 0. The number of rotatable bonds is 5. The fourth-order valence-electron chi connectivity index (χ4n) is 3.29. The molecule has 1 heterocycles. The molecular formula is C20H24ClN5S. The van der Waals surface area contributed by atoms with Gasteiger partial charge in [-0.2, -0.15) is 5.10 Å². The molecule has 1 aliphatic rings. The zero-order chi connectivity index (χ0) is 19.2. The molecule has 1 atom stereocenters. The molecule has 0 aliphatic carbocycles. The Kier molecular flexibility index (Phi) is 6.66. The van der Waals surface area contributed by atoms with Crippen molar-refractivity contribution in [2.75, 3.05) is 31.1 Å². The van der Waals surface area contributed by atoms with Crippen LogP contribution in [0.25, 0.3) is 0 Å².